The molecule has 0 saturated heterocycles. The third-order valence-electron chi connectivity index (χ3n) is 4.93. The van der Waals surface area contributed by atoms with E-state index in [-0.39, 0.29) is 5.82 Å². The summed E-state index contributed by atoms with van der Waals surface area (Å²) in [6, 6.07) is 6.66. The number of aryl methyl sites for hydroxylation is 2. The van der Waals surface area contributed by atoms with Crippen molar-refractivity contribution in [1.82, 2.24) is 5.32 Å². The minimum Gasteiger partial charge on any atom is -0.385 e. The quantitative estimate of drug-likeness (QED) is 0.491. The summed E-state index contributed by atoms with van der Waals surface area (Å²) in [4.78, 5) is 0. The van der Waals surface area contributed by atoms with Crippen LogP contribution in [0.5, 0.6) is 0 Å². The standard InChI is InChI=1S/C21H32BN/c1-14-8-9-21(13-15(14)2)10-11-23-20(7)18(5)16(3)12-17(4)19(6)22/h8-9,13,16-17,19,23H,5,7,10-12H2,1-4,6H3. The predicted octanol–water partition coefficient (Wildman–Crippen LogP) is 5.14. The van der Waals surface area contributed by atoms with E-state index in [0.29, 0.717) is 11.8 Å². The van der Waals surface area contributed by atoms with Gasteiger partial charge in [0.05, 0.1) is 7.85 Å². The van der Waals surface area contributed by atoms with Gasteiger partial charge in [-0.3, -0.25) is 0 Å². The molecule has 0 aliphatic heterocycles. The van der Waals surface area contributed by atoms with Crippen LogP contribution in [0.2, 0.25) is 5.82 Å². The summed E-state index contributed by atoms with van der Waals surface area (Å²) >= 11 is 0. The Labute approximate surface area is 144 Å². The van der Waals surface area contributed by atoms with E-state index in [0.717, 1.165) is 30.7 Å². The van der Waals surface area contributed by atoms with Crippen molar-refractivity contribution in [1.29, 1.82) is 0 Å². The van der Waals surface area contributed by atoms with Gasteiger partial charge in [-0.2, -0.15) is 0 Å². The van der Waals surface area contributed by atoms with Gasteiger partial charge in [0.25, 0.3) is 0 Å². The van der Waals surface area contributed by atoms with Crippen molar-refractivity contribution in [2.24, 2.45) is 11.8 Å². The third kappa shape index (κ3) is 6.29. The van der Waals surface area contributed by atoms with E-state index < -0.39 is 0 Å². The molecule has 23 heavy (non-hydrogen) atoms. The lowest BCUT2D eigenvalue weighted by Crippen LogP contribution is -2.20. The van der Waals surface area contributed by atoms with E-state index >= 15 is 0 Å². The van der Waals surface area contributed by atoms with E-state index in [9.17, 15) is 0 Å². The van der Waals surface area contributed by atoms with E-state index in [1.165, 1.54) is 16.7 Å². The van der Waals surface area contributed by atoms with Gasteiger partial charge in [-0.15, -0.1) is 0 Å². The maximum Gasteiger partial charge on any atom is 0.0699 e. The summed E-state index contributed by atoms with van der Waals surface area (Å²) in [6.07, 6.45) is 2.05. The minimum atomic E-state index is 0.219. The Balaban J connectivity index is 2.43. The Hall–Kier alpha value is -1.44. The molecular weight excluding hydrogens is 277 g/mol. The number of hydrogen-bond donors (Lipinski definition) is 1. The van der Waals surface area contributed by atoms with Crippen molar-refractivity contribution in [2.45, 2.75) is 53.3 Å². The van der Waals surface area contributed by atoms with Crippen LogP contribution in [0.1, 0.15) is 43.9 Å². The van der Waals surface area contributed by atoms with Gasteiger partial charge in [0.2, 0.25) is 0 Å². The van der Waals surface area contributed by atoms with Crippen LogP contribution < -0.4 is 5.32 Å². The second kappa shape index (κ2) is 9.01. The molecule has 0 aliphatic rings. The molecule has 0 amide bonds. The van der Waals surface area contributed by atoms with Gasteiger partial charge in [-0.05, 0) is 60.8 Å². The molecule has 0 bridgehead atoms. The van der Waals surface area contributed by atoms with Gasteiger partial charge in [-0.25, -0.2) is 0 Å². The van der Waals surface area contributed by atoms with E-state index in [1.54, 1.807) is 0 Å². The van der Waals surface area contributed by atoms with Crippen LogP contribution in [0.15, 0.2) is 42.6 Å². The largest absolute Gasteiger partial charge is 0.385 e. The summed E-state index contributed by atoms with van der Waals surface area (Å²) in [5.41, 5.74) is 6.11. The van der Waals surface area contributed by atoms with Crippen molar-refractivity contribution < 1.29 is 0 Å². The fraction of sp³-hybridized carbons (Fsp3) is 0.524. The number of rotatable bonds is 9. The summed E-state index contributed by atoms with van der Waals surface area (Å²) < 4.78 is 0. The molecule has 1 rings (SSSR count). The molecule has 1 nitrogen and oxygen atoms in total. The molecule has 0 fully saturated rings. The van der Waals surface area contributed by atoms with Crippen molar-refractivity contribution in [3.63, 3.8) is 0 Å². The summed E-state index contributed by atoms with van der Waals surface area (Å²) in [5, 5.41) is 3.42. The molecule has 0 spiro atoms. The highest BCUT2D eigenvalue weighted by Crippen LogP contribution is 2.27. The number of benzene rings is 1. The fourth-order valence-electron chi connectivity index (χ4n) is 2.64. The van der Waals surface area contributed by atoms with Crippen molar-refractivity contribution in [3.05, 3.63) is 59.3 Å². The molecule has 124 valence electrons. The van der Waals surface area contributed by atoms with Crippen LogP contribution in [0, 0.1) is 25.7 Å². The van der Waals surface area contributed by atoms with Gasteiger partial charge >= 0.3 is 0 Å². The average molecular weight is 309 g/mol. The second-order valence-corrected chi connectivity index (χ2v) is 7.07. The van der Waals surface area contributed by atoms with Gasteiger partial charge in [-0.1, -0.05) is 57.9 Å². The smallest absolute Gasteiger partial charge is 0.0699 e. The molecule has 1 aromatic carbocycles. The highest BCUT2D eigenvalue weighted by atomic mass is 14.9. The lowest BCUT2D eigenvalue weighted by molar-refractivity contribution is 0.443. The van der Waals surface area contributed by atoms with Gasteiger partial charge in [0.15, 0.2) is 0 Å². The molecule has 1 N–H and O–H groups in total. The number of allylic oxidation sites excluding steroid dienone is 1. The first-order chi connectivity index (χ1) is 10.7. The lowest BCUT2D eigenvalue weighted by Gasteiger charge is -2.24. The first-order valence-electron chi connectivity index (χ1n) is 8.66. The maximum absolute atomic E-state index is 5.96. The van der Waals surface area contributed by atoms with Crippen LogP contribution >= 0.6 is 0 Å². The Morgan fingerprint density at radius 3 is 2.35 bits per heavy atom. The topological polar surface area (TPSA) is 12.0 Å². The Morgan fingerprint density at radius 2 is 1.78 bits per heavy atom. The number of nitrogens with one attached hydrogen (secondary N) is 1. The van der Waals surface area contributed by atoms with Crippen molar-refractivity contribution in [3.8, 4) is 0 Å². The zero-order valence-electron chi connectivity index (χ0n) is 15.6. The maximum atomic E-state index is 5.96. The lowest BCUT2D eigenvalue weighted by atomic mass is 9.74. The molecule has 0 heterocycles. The highest BCUT2D eigenvalue weighted by molar-refractivity contribution is 6.11. The predicted molar refractivity (Wildman–Crippen MR) is 104 cm³/mol. The van der Waals surface area contributed by atoms with E-state index in [4.69, 9.17) is 7.85 Å². The van der Waals surface area contributed by atoms with Gasteiger partial charge in [0.1, 0.15) is 0 Å². The van der Waals surface area contributed by atoms with Crippen LogP contribution in [-0.4, -0.2) is 14.4 Å². The van der Waals surface area contributed by atoms with Crippen LogP contribution in [0.3, 0.4) is 0 Å². The van der Waals surface area contributed by atoms with E-state index in [2.05, 4.69) is 71.3 Å². The zero-order chi connectivity index (χ0) is 17.6. The summed E-state index contributed by atoms with van der Waals surface area (Å²) in [7, 11) is 5.96. The molecule has 2 radical (unpaired) electrons. The first kappa shape index (κ1) is 19.6. The Bertz CT molecular complexity index is 545. The fourth-order valence-corrected chi connectivity index (χ4v) is 2.64. The minimum absolute atomic E-state index is 0.219. The molecule has 3 unspecified atom stereocenters. The summed E-state index contributed by atoms with van der Waals surface area (Å²) in [5.74, 6) is 1.11. The first-order valence-corrected chi connectivity index (χ1v) is 8.66. The van der Waals surface area contributed by atoms with Crippen LogP contribution in [-0.2, 0) is 6.42 Å². The van der Waals surface area contributed by atoms with E-state index in [1.807, 2.05) is 0 Å². The highest BCUT2D eigenvalue weighted by Gasteiger charge is 2.15. The summed E-state index contributed by atoms with van der Waals surface area (Å²) in [6.45, 7) is 20.0. The second-order valence-electron chi connectivity index (χ2n) is 7.07. The number of hydrogen-bond acceptors (Lipinski definition) is 1. The van der Waals surface area contributed by atoms with Crippen LogP contribution in [0.4, 0.5) is 0 Å². The molecule has 0 aromatic heterocycles. The average Bonchev–Trinajstić information content (AvgIpc) is 2.49. The zero-order valence-corrected chi connectivity index (χ0v) is 15.6. The molecular formula is C21H32BN. The molecule has 0 saturated carbocycles. The van der Waals surface area contributed by atoms with Crippen LogP contribution in [0.25, 0.3) is 0 Å². The Morgan fingerprint density at radius 1 is 1.13 bits per heavy atom. The Kier molecular flexibility index (Phi) is 7.68. The SMILES string of the molecule is [B]C(C)C(C)CC(C)C(=C)C(=C)NCCc1ccc(C)c(C)c1. The van der Waals surface area contributed by atoms with Gasteiger partial charge in [0, 0.05) is 12.2 Å². The van der Waals surface area contributed by atoms with Gasteiger partial charge < -0.3 is 5.32 Å². The molecule has 2 heteroatoms. The molecule has 1 aromatic rings. The monoisotopic (exact) mass is 309 g/mol. The third-order valence-corrected chi connectivity index (χ3v) is 4.93. The molecule has 0 aliphatic carbocycles. The van der Waals surface area contributed by atoms with Crippen molar-refractivity contribution >= 4 is 7.85 Å². The van der Waals surface area contributed by atoms with Crippen molar-refractivity contribution in [2.75, 3.05) is 6.54 Å². The normalized spacial score (nSPS) is 14.8. The molecule has 3 atom stereocenters.